The third-order valence-corrected chi connectivity index (χ3v) is 14.4. The molecule has 3 heterocycles. The highest BCUT2D eigenvalue weighted by Gasteiger charge is 2.52. The molecule has 1 fully saturated rings. The molecule has 0 spiro atoms. The molecule has 350 valence electrons. The van der Waals surface area contributed by atoms with Crippen molar-refractivity contribution in [3.8, 4) is 56.1 Å². The van der Waals surface area contributed by atoms with E-state index in [-0.39, 0.29) is 17.4 Å². The monoisotopic (exact) mass is 946 g/mol. The predicted molar refractivity (Wildman–Crippen MR) is 295 cm³/mol. The fourth-order valence-electron chi connectivity index (χ4n) is 10.9. The minimum Gasteiger partial charge on any atom is -0.282 e. The maximum Gasteiger partial charge on any atom is 0.338 e. The quantitative estimate of drug-likeness (QED) is 0.145. The first kappa shape index (κ1) is 43.3. The van der Waals surface area contributed by atoms with Gasteiger partial charge in [0.1, 0.15) is 0 Å². The number of amides is 2. The standard InChI is InChI=1S/C64H46N6O3/c1-64-37-16-15-36-60(64)69(52-27-9-4-10-28-52)63(73)70(64)55-31-19-22-46(43-55)49-39-47(44-20-17-29-53(41-44)67-58-34-13-11-32-56(58)65(61(67)71)50-23-5-2-6-24-50)38-48(40-49)45-21-18-30-54(42-45)68-59-35-14-12-33-57(59)66(62(68)72)51-25-7-3-8-26-51/h2-36,38-43H,37H2,1H3/t64-/m0/s1. The zero-order valence-corrected chi connectivity index (χ0v) is 39.8. The van der Waals surface area contributed by atoms with Crippen molar-refractivity contribution in [2.45, 2.75) is 18.9 Å². The fourth-order valence-corrected chi connectivity index (χ4v) is 10.9. The van der Waals surface area contributed by atoms with Crippen molar-refractivity contribution in [2.75, 3.05) is 9.80 Å². The number of nitrogens with zero attached hydrogens (tertiary/aromatic N) is 6. The molecule has 13 rings (SSSR count). The molecular weight excluding hydrogens is 901 g/mol. The number of allylic oxidation sites excluding steroid dienone is 2. The maximum absolute atomic E-state index is 14.8. The molecule has 9 nitrogen and oxygen atoms in total. The van der Waals surface area contributed by atoms with Gasteiger partial charge in [0.2, 0.25) is 0 Å². The summed E-state index contributed by atoms with van der Waals surface area (Å²) in [6, 6.07) is 75.9. The summed E-state index contributed by atoms with van der Waals surface area (Å²) in [6.07, 6.45) is 6.87. The highest BCUT2D eigenvalue weighted by molar-refractivity contribution is 6.12. The molecule has 1 saturated heterocycles. The Balaban J connectivity index is 0.976. The summed E-state index contributed by atoms with van der Waals surface area (Å²) in [6.45, 7) is 2.14. The summed E-state index contributed by atoms with van der Waals surface area (Å²) in [4.78, 5) is 47.8. The van der Waals surface area contributed by atoms with Crippen LogP contribution in [-0.4, -0.2) is 29.8 Å². The summed E-state index contributed by atoms with van der Waals surface area (Å²) in [5.41, 5.74) is 13.3. The average Bonchev–Trinajstić information content (AvgIpc) is 4.01. The minimum atomic E-state index is -0.627. The van der Waals surface area contributed by atoms with E-state index in [1.807, 2.05) is 192 Å². The smallest absolute Gasteiger partial charge is 0.282 e. The summed E-state index contributed by atoms with van der Waals surface area (Å²) < 4.78 is 7.08. The van der Waals surface area contributed by atoms with E-state index in [4.69, 9.17) is 0 Å². The topological polar surface area (TPSA) is 77.4 Å². The zero-order chi connectivity index (χ0) is 49.2. The van der Waals surface area contributed by atoms with Crippen molar-refractivity contribution in [3.05, 3.63) is 275 Å². The number of fused-ring (bicyclic) bond motifs is 3. The first-order chi connectivity index (χ1) is 35.8. The van der Waals surface area contributed by atoms with E-state index < -0.39 is 5.54 Å². The molecule has 0 unspecified atom stereocenters. The number of aromatic nitrogens is 4. The van der Waals surface area contributed by atoms with Crippen molar-refractivity contribution in [1.82, 2.24) is 18.3 Å². The minimum absolute atomic E-state index is 0.114. The number of para-hydroxylation sites is 7. The first-order valence-electron chi connectivity index (χ1n) is 24.4. The third kappa shape index (κ3) is 7.12. The molecule has 2 amide bonds. The molecule has 1 aliphatic carbocycles. The Kier molecular flexibility index (Phi) is 10.3. The lowest BCUT2D eigenvalue weighted by molar-refractivity contribution is 0.254. The number of carbonyl (C=O) groups is 1. The van der Waals surface area contributed by atoms with Crippen LogP contribution in [0.25, 0.3) is 78.2 Å². The van der Waals surface area contributed by atoms with Gasteiger partial charge in [-0.05, 0) is 168 Å². The normalized spacial score (nSPS) is 15.3. The predicted octanol–water partition coefficient (Wildman–Crippen LogP) is 13.9. The number of hydrogen-bond acceptors (Lipinski definition) is 3. The van der Waals surface area contributed by atoms with Crippen molar-refractivity contribution in [1.29, 1.82) is 0 Å². The Morgan fingerprint density at radius 2 is 0.712 bits per heavy atom. The van der Waals surface area contributed by atoms with E-state index in [9.17, 15) is 14.4 Å². The van der Waals surface area contributed by atoms with Gasteiger partial charge in [-0.2, -0.15) is 0 Å². The van der Waals surface area contributed by atoms with Crippen molar-refractivity contribution >= 4 is 39.5 Å². The number of carbonyl (C=O) groups excluding carboxylic acids is 1. The molecule has 0 radical (unpaired) electrons. The summed E-state index contributed by atoms with van der Waals surface area (Å²) in [7, 11) is 0. The number of urea groups is 1. The Morgan fingerprint density at radius 1 is 0.356 bits per heavy atom. The molecule has 0 saturated carbocycles. The third-order valence-electron chi connectivity index (χ3n) is 14.4. The van der Waals surface area contributed by atoms with Gasteiger partial charge in [-0.15, -0.1) is 0 Å². The molecule has 2 aromatic heterocycles. The molecule has 11 aromatic rings. The largest absolute Gasteiger partial charge is 0.338 e. The van der Waals surface area contributed by atoms with E-state index in [0.717, 1.165) is 95.3 Å². The number of anilines is 2. The number of benzene rings is 9. The van der Waals surface area contributed by atoms with Gasteiger partial charge in [0, 0.05) is 5.69 Å². The Bertz CT molecular complexity index is 3970. The van der Waals surface area contributed by atoms with Gasteiger partial charge in [0.05, 0.1) is 61.7 Å². The highest BCUT2D eigenvalue weighted by atomic mass is 16.2. The van der Waals surface area contributed by atoms with Gasteiger partial charge in [-0.1, -0.05) is 127 Å². The SMILES string of the molecule is C[C@]12CC=CC=C1N(c1ccccc1)C(=O)N2c1cccc(-c2cc(-c3cccc(-n4c(=O)n(-c5ccccc5)c5ccccc54)c3)cc(-c3cccc(-n4c(=O)n(-c5ccccc5)c5ccccc54)c3)c2)c1. The molecule has 2 aliphatic rings. The lowest BCUT2D eigenvalue weighted by Crippen LogP contribution is -2.44. The van der Waals surface area contributed by atoms with Crippen molar-refractivity contribution in [3.63, 3.8) is 0 Å². The van der Waals surface area contributed by atoms with E-state index in [1.165, 1.54) is 0 Å². The molecule has 9 aromatic carbocycles. The van der Waals surface area contributed by atoms with Gasteiger partial charge in [-0.25, -0.2) is 14.4 Å². The number of rotatable bonds is 9. The summed E-state index contributed by atoms with van der Waals surface area (Å²) in [5, 5.41) is 0. The molecule has 0 bridgehead atoms. The van der Waals surface area contributed by atoms with Crippen LogP contribution in [0.2, 0.25) is 0 Å². The molecule has 1 atom stereocenters. The van der Waals surface area contributed by atoms with Crippen molar-refractivity contribution < 1.29 is 4.79 Å². The summed E-state index contributed by atoms with van der Waals surface area (Å²) >= 11 is 0. The van der Waals surface area contributed by atoms with E-state index in [1.54, 1.807) is 18.3 Å². The number of hydrogen-bond donors (Lipinski definition) is 0. The Labute approximate surface area is 420 Å². The molecule has 9 heteroatoms. The van der Waals surface area contributed by atoms with E-state index in [2.05, 4.69) is 73.7 Å². The van der Waals surface area contributed by atoms with Gasteiger partial charge < -0.3 is 0 Å². The Morgan fingerprint density at radius 3 is 1.15 bits per heavy atom. The van der Waals surface area contributed by atoms with Crippen LogP contribution in [0.5, 0.6) is 0 Å². The van der Waals surface area contributed by atoms with Crippen LogP contribution >= 0.6 is 0 Å². The molecular formula is C64H46N6O3. The van der Waals surface area contributed by atoms with Crippen LogP contribution in [0.3, 0.4) is 0 Å². The van der Waals surface area contributed by atoms with E-state index in [0.29, 0.717) is 6.42 Å². The fraction of sp³-hybridized carbons (Fsp3) is 0.0469. The average molecular weight is 947 g/mol. The van der Waals surface area contributed by atoms with Gasteiger partial charge in [0.15, 0.2) is 0 Å². The van der Waals surface area contributed by atoms with Crippen LogP contribution in [0.1, 0.15) is 13.3 Å². The maximum atomic E-state index is 14.8. The second kappa shape index (κ2) is 17.3. The van der Waals surface area contributed by atoms with Crippen LogP contribution < -0.4 is 21.2 Å². The van der Waals surface area contributed by atoms with Crippen LogP contribution in [0, 0.1) is 0 Å². The second-order valence-electron chi connectivity index (χ2n) is 18.8. The second-order valence-corrected chi connectivity index (χ2v) is 18.8. The molecule has 0 N–H and O–H groups in total. The van der Waals surface area contributed by atoms with Gasteiger partial charge in [0.25, 0.3) is 0 Å². The van der Waals surface area contributed by atoms with Gasteiger partial charge in [-0.3, -0.25) is 28.1 Å². The summed E-state index contributed by atoms with van der Waals surface area (Å²) in [5.74, 6) is 0. The van der Waals surface area contributed by atoms with Crippen molar-refractivity contribution in [2.24, 2.45) is 0 Å². The number of imidazole rings is 2. The first-order valence-corrected chi connectivity index (χ1v) is 24.4. The van der Waals surface area contributed by atoms with Crippen LogP contribution in [0.4, 0.5) is 16.2 Å². The molecule has 1 aliphatic heterocycles. The zero-order valence-electron chi connectivity index (χ0n) is 39.8. The lowest BCUT2D eigenvalue weighted by Gasteiger charge is -2.35. The highest BCUT2D eigenvalue weighted by Crippen LogP contribution is 2.47. The molecule has 73 heavy (non-hydrogen) atoms. The Hall–Kier alpha value is -9.73. The lowest BCUT2D eigenvalue weighted by atomic mass is 9.88. The van der Waals surface area contributed by atoms with Gasteiger partial charge >= 0.3 is 17.4 Å². The van der Waals surface area contributed by atoms with E-state index >= 15 is 0 Å². The van der Waals surface area contributed by atoms with Crippen LogP contribution in [-0.2, 0) is 0 Å². The van der Waals surface area contributed by atoms with Crippen LogP contribution in [0.15, 0.2) is 264 Å².